The van der Waals surface area contributed by atoms with Gasteiger partial charge in [0.2, 0.25) is 5.91 Å². The van der Waals surface area contributed by atoms with Gasteiger partial charge in [0, 0.05) is 24.0 Å². The number of carbonyl (C=O) groups excluding carboxylic acids is 1. The lowest BCUT2D eigenvalue weighted by Gasteiger charge is -2.32. The average Bonchev–Trinajstić information content (AvgIpc) is 3.44. The molecule has 1 aromatic rings. The van der Waals surface area contributed by atoms with E-state index < -0.39 is 0 Å². The summed E-state index contributed by atoms with van der Waals surface area (Å²) in [6, 6.07) is 8.59. The van der Waals surface area contributed by atoms with E-state index in [2.05, 4.69) is 5.32 Å². The van der Waals surface area contributed by atoms with Crippen LogP contribution in [0, 0.1) is 5.92 Å². The Bertz CT molecular complexity index is 529. The van der Waals surface area contributed by atoms with Gasteiger partial charge in [-0.15, -0.1) is 24.2 Å². The molecule has 1 saturated heterocycles. The first-order valence-electron chi connectivity index (χ1n) is 9.11. The molecule has 0 radical (unpaired) electrons. The summed E-state index contributed by atoms with van der Waals surface area (Å²) < 4.78 is 5.44. The smallest absolute Gasteiger partial charge is 0.232 e. The molecule has 1 aromatic carbocycles. The summed E-state index contributed by atoms with van der Waals surface area (Å²) in [5.41, 5.74) is 0. The molecule has 1 saturated carbocycles. The van der Waals surface area contributed by atoms with E-state index in [1.54, 1.807) is 11.8 Å². The van der Waals surface area contributed by atoms with Gasteiger partial charge in [-0.2, -0.15) is 0 Å². The van der Waals surface area contributed by atoms with Crippen LogP contribution in [-0.2, 0) is 4.79 Å². The van der Waals surface area contributed by atoms with Crippen LogP contribution in [-0.4, -0.2) is 48.8 Å². The zero-order valence-corrected chi connectivity index (χ0v) is 16.5. The summed E-state index contributed by atoms with van der Waals surface area (Å²) in [6.07, 6.45) is 4.97. The van der Waals surface area contributed by atoms with E-state index >= 15 is 0 Å². The Morgan fingerprint density at radius 1 is 1.20 bits per heavy atom. The number of amides is 1. The highest BCUT2D eigenvalue weighted by Gasteiger charge is 2.25. The fraction of sp³-hybridized carbons (Fsp3) is 0.632. The third-order valence-corrected chi connectivity index (χ3v) is 5.73. The lowest BCUT2D eigenvalue weighted by atomic mass is 10.0. The van der Waals surface area contributed by atoms with Crippen molar-refractivity contribution in [3.63, 3.8) is 0 Å². The number of rotatable bonds is 8. The van der Waals surface area contributed by atoms with E-state index in [1.165, 1.54) is 19.4 Å². The van der Waals surface area contributed by atoms with Gasteiger partial charge in [-0.05, 0) is 69.3 Å². The lowest BCUT2D eigenvalue weighted by molar-refractivity contribution is -0.129. The molecule has 1 N–H and O–H groups in total. The number of piperidine rings is 1. The number of nitrogens with zero attached hydrogens (tertiary/aromatic N) is 1. The third-order valence-electron chi connectivity index (χ3n) is 4.74. The molecule has 1 amide bonds. The number of hydrogen-bond acceptors (Lipinski definition) is 4. The van der Waals surface area contributed by atoms with Crippen LogP contribution in [0.15, 0.2) is 29.2 Å². The van der Waals surface area contributed by atoms with Crippen molar-refractivity contribution in [1.29, 1.82) is 0 Å². The predicted octanol–water partition coefficient (Wildman–Crippen LogP) is 3.59. The minimum Gasteiger partial charge on any atom is -0.494 e. The number of likely N-dealkylation sites (tertiary alicyclic amines) is 1. The molecule has 0 atom stereocenters. The van der Waals surface area contributed by atoms with Gasteiger partial charge in [-0.3, -0.25) is 4.79 Å². The van der Waals surface area contributed by atoms with Gasteiger partial charge in [-0.25, -0.2) is 0 Å². The van der Waals surface area contributed by atoms with Gasteiger partial charge in [0.25, 0.3) is 0 Å². The SMILES string of the molecule is CCOc1ccc(SCC(=O)N2CCC(NCC3CC3)CC2)cc1.Cl. The van der Waals surface area contributed by atoms with Gasteiger partial charge >= 0.3 is 0 Å². The number of carbonyl (C=O) groups is 1. The number of halogens is 1. The third kappa shape index (κ3) is 6.72. The topological polar surface area (TPSA) is 41.6 Å². The molecular weight excluding hydrogens is 356 g/mol. The van der Waals surface area contributed by atoms with Gasteiger partial charge < -0.3 is 15.0 Å². The van der Waals surface area contributed by atoms with Crippen LogP contribution >= 0.6 is 24.2 Å². The molecule has 0 unspecified atom stereocenters. The molecule has 140 valence electrons. The largest absolute Gasteiger partial charge is 0.494 e. The van der Waals surface area contributed by atoms with Crippen molar-refractivity contribution in [2.75, 3.05) is 32.0 Å². The Morgan fingerprint density at radius 3 is 2.48 bits per heavy atom. The van der Waals surface area contributed by atoms with Crippen LogP contribution in [0.3, 0.4) is 0 Å². The molecule has 3 rings (SSSR count). The minimum atomic E-state index is 0. The number of thioether (sulfide) groups is 1. The van der Waals surface area contributed by atoms with Crippen LogP contribution in [0.5, 0.6) is 5.75 Å². The van der Waals surface area contributed by atoms with Gasteiger partial charge in [0.15, 0.2) is 0 Å². The highest BCUT2D eigenvalue weighted by molar-refractivity contribution is 8.00. The van der Waals surface area contributed by atoms with Gasteiger partial charge in [0.1, 0.15) is 5.75 Å². The van der Waals surface area contributed by atoms with Crippen LogP contribution in [0.1, 0.15) is 32.6 Å². The van der Waals surface area contributed by atoms with E-state index in [0.29, 0.717) is 18.4 Å². The summed E-state index contributed by atoms with van der Waals surface area (Å²) >= 11 is 1.61. The first kappa shape index (κ1) is 20.4. The zero-order valence-electron chi connectivity index (χ0n) is 14.9. The molecule has 0 spiro atoms. The second kappa shape index (κ2) is 10.3. The van der Waals surface area contributed by atoms with E-state index in [-0.39, 0.29) is 18.3 Å². The zero-order chi connectivity index (χ0) is 16.8. The van der Waals surface area contributed by atoms with Crippen molar-refractivity contribution in [1.82, 2.24) is 10.2 Å². The Labute approximate surface area is 161 Å². The second-order valence-corrected chi connectivity index (χ2v) is 7.75. The molecule has 1 aliphatic carbocycles. The fourth-order valence-corrected chi connectivity index (χ4v) is 3.82. The number of hydrogen-bond donors (Lipinski definition) is 1. The highest BCUT2D eigenvalue weighted by atomic mass is 35.5. The molecular formula is C19H29ClN2O2S. The predicted molar refractivity (Wildman–Crippen MR) is 106 cm³/mol. The molecule has 4 nitrogen and oxygen atoms in total. The maximum absolute atomic E-state index is 12.4. The molecule has 0 bridgehead atoms. The highest BCUT2D eigenvalue weighted by Crippen LogP contribution is 2.28. The molecule has 2 aliphatic rings. The quantitative estimate of drug-likeness (QED) is 0.695. The summed E-state index contributed by atoms with van der Waals surface area (Å²) in [5, 5.41) is 3.66. The molecule has 1 aliphatic heterocycles. The summed E-state index contributed by atoms with van der Waals surface area (Å²) in [5.74, 6) is 2.59. The lowest BCUT2D eigenvalue weighted by Crippen LogP contribution is -2.45. The Morgan fingerprint density at radius 2 is 1.88 bits per heavy atom. The van der Waals surface area contributed by atoms with E-state index in [9.17, 15) is 4.79 Å². The van der Waals surface area contributed by atoms with Gasteiger partial charge in [0.05, 0.1) is 12.4 Å². The minimum absolute atomic E-state index is 0. The summed E-state index contributed by atoms with van der Waals surface area (Å²) in [7, 11) is 0. The molecule has 25 heavy (non-hydrogen) atoms. The van der Waals surface area contributed by atoms with Crippen molar-refractivity contribution >= 4 is 30.1 Å². The fourth-order valence-electron chi connectivity index (χ4n) is 3.02. The van der Waals surface area contributed by atoms with Crippen LogP contribution in [0.2, 0.25) is 0 Å². The Hall–Kier alpha value is -0.910. The van der Waals surface area contributed by atoms with Crippen LogP contribution in [0.4, 0.5) is 0 Å². The average molecular weight is 385 g/mol. The summed E-state index contributed by atoms with van der Waals surface area (Å²) in [4.78, 5) is 15.5. The normalized spacial score (nSPS) is 17.9. The molecule has 2 fully saturated rings. The molecule has 1 heterocycles. The first-order chi connectivity index (χ1) is 11.7. The maximum atomic E-state index is 12.4. The van der Waals surface area contributed by atoms with Crippen LogP contribution < -0.4 is 10.1 Å². The number of ether oxygens (including phenoxy) is 1. The first-order valence-corrected chi connectivity index (χ1v) is 10.1. The standard InChI is InChI=1S/C19H28N2O2S.ClH/c1-2-23-17-5-7-18(8-6-17)24-14-19(22)21-11-9-16(10-12-21)20-13-15-3-4-15;/h5-8,15-16,20H,2-4,9-14H2,1H3;1H. The van der Waals surface area contributed by atoms with Crippen molar-refractivity contribution in [3.8, 4) is 5.75 Å². The van der Waals surface area contributed by atoms with Crippen LogP contribution in [0.25, 0.3) is 0 Å². The van der Waals surface area contributed by atoms with Crippen molar-refractivity contribution < 1.29 is 9.53 Å². The number of benzene rings is 1. The summed E-state index contributed by atoms with van der Waals surface area (Å²) in [6.45, 7) is 5.62. The second-order valence-electron chi connectivity index (χ2n) is 6.70. The maximum Gasteiger partial charge on any atom is 0.232 e. The van der Waals surface area contributed by atoms with E-state index in [4.69, 9.17) is 4.74 Å². The molecule has 0 aromatic heterocycles. The van der Waals surface area contributed by atoms with Gasteiger partial charge in [-0.1, -0.05) is 0 Å². The Kier molecular flexibility index (Phi) is 8.40. The molecule has 6 heteroatoms. The van der Waals surface area contributed by atoms with E-state index in [1.807, 2.05) is 36.1 Å². The van der Waals surface area contributed by atoms with E-state index in [0.717, 1.165) is 42.5 Å². The van der Waals surface area contributed by atoms with Crippen molar-refractivity contribution in [3.05, 3.63) is 24.3 Å². The number of nitrogens with one attached hydrogen (secondary N) is 1. The van der Waals surface area contributed by atoms with Crippen molar-refractivity contribution in [2.24, 2.45) is 5.92 Å². The van der Waals surface area contributed by atoms with Crippen molar-refractivity contribution in [2.45, 2.75) is 43.5 Å². The Balaban J connectivity index is 0.00000225. The monoisotopic (exact) mass is 384 g/mol.